The van der Waals surface area contributed by atoms with Crippen molar-refractivity contribution in [3.8, 4) is 0 Å². The lowest BCUT2D eigenvalue weighted by Gasteiger charge is -2.16. The second-order valence-electron chi connectivity index (χ2n) is 4.26. The van der Waals surface area contributed by atoms with Crippen LogP contribution in [0.15, 0.2) is 12.4 Å². The zero-order valence-electron chi connectivity index (χ0n) is 9.80. The van der Waals surface area contributed by atoms with Gasteiger partial charge in [-0.3, -0.25) is 14.8 Å². The number of aromatic nitrogens is 2. The molecule has 94 valence electrons. The molecular weight excluding hydrogens is 222 g/mol. The van der Waals surface area contributed by atoms with Crippen molar-refractivity contribution in [2.75, 3.05) is 13.2 Å². The molecule has 1 saturated heterocycles. The molecule has 0 aliphatic carbocycles. The summed E-state index contributed by atoms with van der Waals surface area (Å²) in [6.45, 7) is 1.34. The largest absolute Gasteiger partial charge is 0.480 e. The molecule has 2 rings (SSSR count). The van der Waals surface area contributed by atoms with Gasteiger partial charge in [-0.1, -0.05) is 0 Å². The van der Waals surface area contributed by atoms with E-state index in [9.17, 15) is 4.79 Å². The molecule has 0 spiro atoms. The number of nitrogens with zero attached hydrogens (tertiary/aromatic N) is 2. The van der Waals surface area contributed by atoms with Crippen molar-refractivity contribution in [1.29, 1.82) is 0 Å². The Hall–Kier alpha value is -1.40. The Morgan fingerprint density at radius 1 is 1.82 bits per heavy atom. The first-order valence-corrected chi connectivity index (χ1v) is 5.73. The van der Waals surface area contributed by atoms with Crippen molar-refractivity contribution < 1.29 is 14.6 Å². The number of carbonyl (C=O) groups is 1. The number of aryl methyl sites for hydroxylation is 1. The van der Waals surface area contributed by atoms with Crippen LogP contribution in [0.5, 0.6) is 0 Å². The van der Waals surface area contributed by atoms with E-state index < -0.39 is 12.0 Å². The third-order valence-electron chi connectivity index (χ3n) is 2.88. The van der Waals surface area contributed by atoms with E-state index in [2.05, 4.69) is 10.4 Å². The van der Waals surface area contributed by atoms with Crippen LogP contribution in [0.1, 0.15) is 24.4 Å². The highest BCUT2D eigenvalue weighted by molar-refractivity contribution is 5.75. The number of carboxylic acid groups (broad SMARTS) is 1. The zero-order valence-corrected chi connectivity index (χ0v) is 9.80. The highest BCUT2D eigenvalue weighted by Gasteiger charge is 2.23. The number of aliphatic carboxylic acids is 1. The van der Waals surface area contributed by atoms with E-state index >= 15 is 0 Å². The van der Waals surface area contributed by atoms with Crippen LogP contribution in [0, 0.1) is 0 Å². The molecule has 2 heterocycles. The SMILES string of the molecule is Cn1cc(C(NCC2CCCO2)C(=O)O)cn1. The van der Waals surface area contributed by atoms with Crippen LogP contribution in [-0.4, -0.2) is 40.1 Å². The van der Waals surface area contributed by atoms with Crippen LogP contribution in [0.4, 0.5) is 0 Å². The van der Waals surface area contributed by atoms with Gasteiger partial charge >= 0.3 is 5.97 Å². The Morgan fingerprint density at radius 3 is 3.18 bits per heavy atom. The van der Waals surface area contributed by atoms with Gasteiger partial charge in [-0.05, 0) is 12.8 Å². The summed E-state index contributed by atoms with van der Waals surface area (Å²) >= 11 is 0. The van der Waals surface area contributed by atoms with Gasteiger partial charge in [0.1, 0.15) is 6.04 Å². The van der Waals surface area contributed by atoms with Crippen molar-refractivity contribution in [3.05, 3.63) is 18.0 Å². The van der Waals surface area contributed by atoms with Gasteiger partial charge in [0.05, 0.1) is 12.3 Å². The van der Waals surface area contributed by atoms with Gasteiger partial charge in [-0.15, -0.1) is 0 Å². The molecule has 2 N–H and O–H groups in total. The molecule has 2 unspecified atom stereocenters. The van der Waals surface area contributed by atoms with Crippen molar-refractivity contribution in [3.63, 3.8) is 0 Å². The van der Waals surface area contributed by atoms with E-state index in [4.69, 9.17) is 9.84 Å². The number of rotatable bonds is 5. The standard InChI is InChI=1S/C11H17N3O3/c1-14-7-8(5-13-14)10(11(15)16)12-6-9-3-2-4-17-9/h5,7,9-10,12H,2-4,6H2,1H3,(H,15,16). The second kappa shape index (κ2) is 5.29. The molecule has 0 saturated carbocycles. The third-order valence-corrected chi connectivity index (χ3v) is 2.88. The molecule has 6 nitrogen and oxygen atoms in total. The van der Waals surface area contributed by atoms with Crippen LogP contribution in [0.25, 0.3) is 0 Å². The number of carboxylic acids is 1. The Morgan fingerprint density at radius 2 is 2.65 bits per heavy atom. The summed E-state index contributed by atoms with van der Waals surface area (Å²) in [5, 5.41) is 16.2. The molecule has 6 heteroatoms. The average molecular weight is 239 g/mol. The maximum Gasteiger partial charge on any atom is 0.325 e. The predicted molar refractivity (Wildman–Crippen MR) is 60.6 cm³/mol. The topological polar surface area (TPSA) is 76.4 Å². The minimum absolute atomic E-state index is 0.133. The highest BCUT2D eigenvalue weighted by Crippen LogP contribution is 2.15. The minimum Gasteiger partial charge on any atom is -0.480 e. The van der Waals surface area contributed by atoms with Crippen LogP contribution in [-0.2, 0) is 16.6 Å². The first-order valence-electron chi connectivity index (χ1n) is 5.73. The molecule has 1 aliphatic heterocycles. The van der Waals surface area contributed by atoms with Gasteiger partial charge in [0, 0.05) is 32.0 Å². The number of nitrogens with one attached hydrogen (secondary N) is 1. The summed E-state index contributed by atoms with van der Waals surface area (Å²) in [5.41, 5.74) is 0.665. The molecule has 1 aromatic heterocycles. The fourth-order valence-electron chi connectivity index (χ4n) is 1.99. The Balaban J connectivity index is 1.95. The van der Waals surface area contributed by atoms with Crippen molar-refractivity contribution in [2.45, 2.75) is 25.0 Å². The molecule has 0 bridgehead atoms. The van der Waals surface area contributed by atoms with Gasteiger partial charge < -0.3 is 9.84 Å². The Kier molecular flexibility index (Phi) is 3.75. The maximum absolute atomic E-state index is 11.2. The van der Waals surface area contributed by atoms with Gasteiger partial charge in [0.2, 0.25) is 0 Å². The van der Waals surface area contributed by atoms with Gasteiger partial charge in [0.25, 0.3) is 0 Å². The molecular formula is C11H17N3O3. The fraction of sp³-hybridized carbons (Fsp3) is 0.636. The van der Waals surface area contributed by atoms with E-state index in [1.54, 1.807) is 24.1 Å². The maximum atomic E-state index is 11.2. The van der Waals surface area contributed by atoms with Crippen molar-refractivity contribution in [1.82, 2.24) is 15.1 Å². The highest BCUT2D eigenvalue weighted by atomic mass is 16.5. The second-order valence-corrected chi connectivity index (χ2v) is 4.26. The number of hydrogen-bond acceptors (Lipinski definition) is 4. The first-order chi connectivity index (χ1) is 8.16. The summed E-state index contributed by atoms with van der Waals surface area (Å²) in [6, 6.07) is -0.715. The Labute approximate surface area is 99.6 Å². The summed E-state index contributed by atoms with van der Waals surface area (Å²) in [4.78, 5) is 11.2. The van der Waals surface area contributed by atoms with Crippen LogP contribution >= 0.6 is 0 Å². The molecule has 1 fully saturated rings. The lowest BCUT2D eigenvalue weighted by molar-refractivity contribution is -0.139. The fourth-order valence-corrected chi connectivity index (χ4v) is 1.99. The summed E-state index contributed by atoms with van der Waals surface area (Å²) in [7, 11) is 1.77. The van der Waals surface area contributed by atoms with Crippen LogP contribution < -0.4 is 5.32 Å². The van der Waals surface area contributed by atoms with Crippen LogP contribution in [0.3, 0.4) is 0 Å². The molecule has 2 atom stereocenters. The zero-order chi connectivity index (χ0) is 12.3. The predicted octanol–water partition coefficient (Wildman–Crippen LogP) is 0.314. The van der Waals surface area contributed by atoms with E-state index in [1.165, 1.54) is 0 Å². The monoisotopic (exact) mass is 239 g/mol. The van der Waals surface area contributed by atoms with Gasteiger partial charge in [-0.25, -0.2) is 0 Å². The van der Waals surface area contributed by atoms with Gasteiger partial charge in [-0.2, -0.15) is 5.10 Å². The van der Waals surface area contributed by atoms with Crippen LogP contribution in [0.2, 0.25) is 0 Å². The van der Waals surface area contributed by atoms with E-state index in [-0.39, 0.29) is 6.10 Å². The number of ether oxygens (including phenoxy) is 1. The Bertz CT molecular complexity index is 385. The molecule has 0 radical (unpaired) electrons. The average Bonchev–Trinajstić information content (AvgIpc) is 2.90. The summed E-state index contributed by atoms with van der Waals surface area (Å²) < 4.78 is 7.04. The molecule has 1 aliphatic rings. The summed E-state index contributed by atoms with van der Waals surface area (Å²) in [6.07, 6.45) is 5.46. The smallest absolute Gasteiger partial charge is 0.325 e. The quantitative estimate of drug-likeness (QED) is 0.773. The summed E-state index contributed by atoms with van der Waals surface area (Å²) in [5.74, 6) is -0.893. The van der Waals surface area contributed by atoms with Gasteiger partial charge in [0.15, 0.2) is 0 Å². The third kappa shape index (κ3) is 3.04. The molecule has 0 aromatic carbocycles. The normalized spacial score (nSPS) is 21.6. The lowest BCUT2D eigenvalue weighted by atomic mass is 10.1. The first kappa shape index (κ1) is 12.1. The van der Waals surface area contributed by atoms with E-state index in [0.29, 0.717) is 12.1 Å². The molecule has 1 aromatic rings. The van der Waals surface area contributed by atoms with E-state index in [1.807, 2.05) is 0 Å². The minimum atomic E-state index is -0.893. The van der Waals surface area contributed by atoms with Crippen molar-refractivity contribution >= 4 is 5.97 Å². The number of hydrogen-bond donors (Lipinski definition) is 2. The molecule has 0 amide bonds. The van der Waals surface area contributed by atoms with E-state index in [0.717, 1.165) is 19.4 Å². The molecule has 17 heavy (non-hydrogen) atoms. The van der Waals surface area contributed by atoms with Crippen molar-refractivity contribution in [2.24, 2.45) is 7.05 Å². The lowest BCUT2D eigenvalue weighted by Crippen LogP contribution is -2.34.